The largest absolute Gasteiger partial charge is 0.481 e. The van der Waals surface area contributed by atoms with Crippen LogP contribution >= 0.6 is 0 Å². The third kappa shape index (κ3) is 4.92. The van der Waals surface area contributed by atoms with Crippen LogP contribution < -0.4 is 10.6 Å². The average Bonchev–Trinajstić information content (AvgIpc) is 3.11. The number of hydrogen-bond donors (Lipinski definition) is 3. The second-order valence-corrected chi connectivity index (χ2v) is 9.49. The number of carboxylic acid groups (broad SMARTS) is 1. The SMILES string of the molecule is CC(C)(NC(=O)OCC1c2ccccc2-c2ccccc21)C(=O)NC1(CC(=O)O)CCOCC1. The molecule has 1 aliphatic heterocycles. The molecule has 2 aliphatic rings. The number of aliphatic carboxylic acids is 1. The van der Waals surface area contributed by atoms with E-state index in [0.29, 0.717) is 26.1 Å². The van der Waals surface area contributed by atoms with Gasteiger partial charge >= 0.3 is 12.1 Å². The lowest BCUT2D eigenvalue weighted by molar-refractivity contribution is -0.141. The average molecular weight is 467 g/mol. The quantitative estimate of drug-likeness (QED) is 0.576. The van der Waals surface area contributed by atoms with E-state index < -0.39 is 29.0 Å². The Hall–Kier alpha value is -3.39. The van der Waals surface area contributed by atoms with E-state index in [-0.39, 0.29) is 18.9 Å². The standard InChI is InChI=1S/C26H30N2O6/c1-25(2,23(31)27-26(15-22(29)30)11-13-33-14-12-26)28-24(32)34-16-21-19-9-5-3-7-17(19)18-8-4-6-10-20(18)21/h3-10,21H,11-16H2,1-2H3,(H,27,31)(H,28,32)(H,29,30). The molecule has 0 atom stereocenters. The van der Waals surface area contributed by atoms with Crippen LogP contribution in [-0.4, -0.2) is 54.0 Å². The smallest absolute Gasteiger partial charge is 0.408 e. The van der Waals surface area contributed by atoms with Gasteiger partial charge in [0.05, 0.1) is 12.0 Å². The van der Waals surface area contributed by atoms with Gasteiger partial charge in [-0.05, 0) is 48.9 Å². The van der Waals surface area contributed by atoms with Gasteiger partial charge in [0.2, 0.25) is 5.91 Å². The summed E-state index contributed by atoms with van der Waals surface area (Å²) < 4.78 is 10.9. The minimum Gasteiger partial charge on any atom is -0.481 e. The zero-order valence-corrected chi connectivity index (χ0v) is 19.4. The first-order valence-corrected chi connectivity index (χ1v) is 11.5. The van der Waals surface area contributed by atoms with Crippen LogP contribution in [-0.2, 0) is 19.1 Å². The van der Waals surface area contributed by atoms with Crippen LogP contribution in [0.4, 0.5) is 4.79 Å². The van der Waals surface area contributed by atoms with Crippen LogP contribution in [0.3, 0.4) is 0 Å². The molecule has 2 amide bonds. The van der Waals surface area contributed by atoms with Crippen LogP contribution in [0.2, 0.25) is 0 Å². The minimum absolute atomic E-state index is 0.0869. The molecule has 3 N–H and O–H groups in total. The molecule has 0 bridgehead atoms. The van der Waals surface area contributed by atoms with Crippen molar-refractivity contribution in [2.75, 3.05) is 19.8 Å². The molecule has 8 nitrogen and oxygen atoms in total. The second-order valence-electron chi connectivity index (χ2n) is 9.49. The van der Waals surface area contributed by atoms with Crippen molar-refractivity contribution in [3.63, 3.8) is 0 Å². The Bertz CT molecular complexity index is 1040. The van der Waals surface area contributed by atoms with E-state index in [4.69, 9.17) is 9.47 Å². The first-order chi connectivity index (χ1) is 16.2. The van der Waals surface area contributed by atoms with Gasteiger partial charge in [-0.15, -0.1) is 0 Å². The summed E-state index contributed by atoms with van der Waals surface area (Å²) in [7, 11) is 0. The molecule has 0 radical (unpaired) electrons. The zero-order valence-electron chi connectivity index (χ0n) is 19.4. The van der Waals surface area contributed by atoms with Gasteiger partial charge < -0.3 is 25.2 Å². The van der Waals surface area contributed by atoms with Crippen LogP contribution in [0, 0.1) is 0 Å². The Labute approximate surface area is 198 Å². The summed E-state index contributed by atoms with van der Waals surface area (Å²) in [6, 6.07) is 16.1. The Balaban J connectivity index is 1.40. The highest BCUT2D eigenvalue weighted by atomic mass is 16.5. The van der Waals surface area contributed by atoms with Crippen LogP contribution in [0.1, 0.15) is 50.2 Å². The fourth-order valence-electron chi connectivity index (χ4n) is 4.74. The molecule has 2 aromatic rings. The topological polar surface area (TPSA) is 114 Å². The Kier molecular flexibility index (Phi) is 6.61. The maximum atomic E-state index is 13.0. The monoisotopic (exact) mass is 466 g/mol. The summed E-state index contributed by atoms with van der Waals surface area (Å²) in [5.41, 5.74) is 2.26. The van der Waals surface area contributed by atoms with Crippen molar-refractivity contribution in [3.8, 4) is 11.1 Å². The molecule has 1 saturated heterocycles. The number of carboxylic acids is 1. The first-order valence-electron chi connectivity index (χ1n) is 11.5. The molecule has 2 aromatic carbocycles. The summed E-state index contributed by atoms with van der Waals surface area (Å²) >= 11 is 0. The number of benzene rings is 2. The van der Waals surface area contributed by atoms with Gasteiger partial charge in [0, 0.05) is 19.1 Å². The molecule has 1 fully saturated rings. The minimum atomic E-state index is -1.30. The Morgan fingerprint density at radius 3 is 2.15 bits per heavy atom. The lowest BCUT2D eigenvalue weighted by Gasteiger charge is -2.39. The fourth-order valence-corrected chi connectivity index (χ4v) is 4.74. The lowest BCUT2D eigenvalue weighted by atomic mass is 9.85. The molecule has 4 rings (SSSR count). The molecule has 180 valence electrons. The number of amides is 2. The van der Waals surface area contributed by atoms with Gasteiger partial charge in [0.1, 0.15) is 12.1 Å². The number of rotatable bonds is 7. The predicted molar refractivity (Wildman–Crippen MR) is 125 cm³/mol. The van der Waals surface area contributed by atoms with Gasteiger partial charge in [-0.2, -0.15) is 0 Å². The van der Waals surface area contributed by atoms with Gasteiger partial charge in [-0.1, -0.05) is 48.5 Å². The molecule has 1 aliphatic carbocycles. The molecule has 34 heavy (non-hydrogen) atoms. The van der Waals surface area contributed by atoms with E-state index in [2.05, 4.69) is 22.8 Å². The molecule has 0 aromatic heterocycles. The first kappa shape index (κ1) is 23.8. The third-order valence-electron chi connectivity index (χ3n) is 6.64. The summed E-state index contributed by atoms with van der Waals surface area (Å²) in [5.74, 6) is -1.55. The lowest BCUT2D eigenvalue weighted by Crippen LogP contribution is -2.62. The molecule has 8 heteroatoms. The number of carbonyl (C=O) groups is 3. The van der Waals surface area contributed by atoms with Gasteiger partial charge in [-0.3, -0.25) is 9.59 Å². The number of fused-ring (bicyclic) bond motifs is 3. The maximum absolute atomic E-state index is 13.0. The highest BCUT2D eigenvalue weighted by molar-refractivity contribution is 5.90. The summed E-state index contributed by atoms with van der Waals surface area (Å²) in [5, 5.41) is 14.8. The Morgan fingerprint density at radius 2 is 1.59 bits per heavy atom. The van der Waals surface area contributed by atoms with Gasteiger partial charge in [0.25, 0.3) is 0 Å². The summed E-state index contributed by atoms with van der Waals surface area (Å²) in [6.07, 6.45) is -0.123. The van der Waals surface area contributed by atoms with E-state index in [0.717, 1.165) is 22.3 Å². The molecule has 0 spiro atoms. The number of ether oxygens (including phenoxy) is 2. The van der Waals surface area contributed by atoms with Crippen molar-refractivity contribution in [3.05, 3.63) is 59.7 Å². The summed E-state index contributed by atoms with van der Waals surface area (Å²) in [4.78, 5) is 37.1. The van der Waals surface area contributed by atoms with Crippen molar-refractivity contribution in [1.82, 2.24) is 10.6 Å². The number of carbonyl (C=O) groups excluding carboxylic acids is 2. The van der Waals surface area contributed by atoms with Crippen LogP contribution in [0.25, 0.3) is 11.1 Å². The third-order valence-corrected chi connectivity index (χ3v) is 6.64. The van der Waals surface area contributed by atoms with E-state index in [1.165, 1.54) is 0 Å². The molecular formula is C26H30N2O6. The highest BCUT2D eigenvalue weighted by Gasteiger charge is 2.41. The number of hydrogen-bond acceptors (Lipinski definition) is 5. The number of alkyl carbamates (subject to hydrolysis) is 1. The van der Waals surface area contributed by atoms with Crippen molar-refractivity contribution in [2.24, 2.45) is 0 Å². The second kappa shape index (κ2) is 9.46. The molecule has 0 saturated carbocycles. The van der Waals surface area contributed by atoms with Crippen molar-refractivity contribution >= 4 is 18.0 Å². The van der Waals surface area contributed by atoms with E-state index in [1.54, 1.807) is 13.8 Å². The van der Waals surface area contributed by atoms with Crippen molar-refractivity contribution in [1.29, 1.82) is 0 Å². The zero-order chi connectivity index (χ0) is 24.3. The van der Waals surface area contributed by atoms with E-state index >= 15 is 0 Å². The highest BCUT2D eigenvalue weighted by Crippen LogP contribution is 2.44. The molecule has 0 unspecified atom stereocenters. The molecule has 1 heterocycles. The summed E-state index contributed by atoms with van der Waals surface area (Å²) in [6.45, 7) is 4.01. The normalized spacial score (nSPS) is 16.8. The molecular weight excluding hydrogens is 436 g/mol. The van der Waals surface area contributed by atoms with E-state index in [9.17, 15) is 19.5 Å². The van der Waals surface area contributed by atoms with Crippen molar-refractivity contribution < 1.29 is 29.0 Å². The predicted octanol–water partition coefficient (Wildman–Crippen LogP) is 3.44. The van der Waals surface area contributed by atoms with E-state index in [1.807, 2.05) is 36.4 Å². The van der Waals surface area contributed by atoms with Gasteiger partial charge in [0.15, 0.2) is 0 Å². The maximum Gasteiger partial charge on any atom is 0.408 e. The van der Waals surface area contributed by atoms with Crippen LogP contribution in [0.15, 0.2) is 48.5 Å². The van der Waals surface area contributed by atoms with Gasteiger partial charge in [-0.25, -0.2) is 4.79 Å². The number of nitrogens with one attached hydrogen (secondary N) is 2. The fraction of sp³-hybridized carbons (Fsp3) is 0.423. The Morgan fingerprint density at radius 1 is 1.03 bits per heavy atom. The van der Waals surface area contributed by atoms with Crippen LogP contribution in [0.5, 0.6) is 0 Å². The van der Waals surface area contributed by atoms with Crippen molar-refractivity contribution in [2.45, 2.75) is 50.1 Å².